The van der Waals surface area contributed by atoms with E-state index in [2.05, 4.69) is 0 Å². The molecule has 0 saturated heterocycles. The molecule has 0 aliphatic heterocycles. The predicted octanol–water partition coefficient (Wildman–Crippen LogP) is 2.68. The van der Waals surface area contributed by atoms with E-state index in [9.17, 15) is 5.11 Å². The smallest absolute Gasteiger partial charge is 0.125 e. The molecule has 1 N–H and O–H groups in total. The van der Waals surface area contributed by atoms with E-state index in [1.807, 2.05) is 25.1 Å². The van der Waals surface area contributed by atoms with Gasteiger partial charge in [-0.1, -0.05) is 11.6 Å². The van der Waals surface area contributed by atoms with Crippen molar-refractivity contribution in [3.05, 3.63) is 53.5 Å². The van der Waals surface area contributed by atoms with Crippen molar-refractivity contribution < 1.29 is 14.3 Å². The van der Waals surface area contributed by atoms with Gasteiger partial charge in [-0.25, -0.2) is 0 Å². The molecule has 0 unspecified atom stereocenters. The fraction of sp³-hybridized carbons (Fsp3) is 0.231. The second-order valence-corrected chi connectivity index (χ2v) is 3.70. The van der Waals surface area contributed by atoms with Gasteiger partial charge < -0.3 is 14.3 Å². The van der Waals surface area contributed by atoms with Gasteiger partial charge in [-0.15, -0.1) is 0 Å². The Hall–Kier alpha value is -1.74. The number of rotatable bonds is 3. The van der Waals surface area contributed by atoms with Gasteiger partial charge in [-0.3, -0.25) is 0 Å². The molecule has 16 heavy (non-hydrogen) atoms. The summed E-state index contributed by atoms with van der Waals surface area (Å²) in [6, 6.07) is 7.46. The standard InChI is InChI=1S/C13H14O3/c1-9-3-4-12(15-2)11(7-9)13(14)10-5-6-16-8-10/h3-8,13-14H,1-2H3/t13-/m0/s1. The van der Waals surface area contributed by atoms with Crippen LogP contribution in [-0.2, 0) is 0 Å². The fourth-order valence-electron chi connectivity index (χ4n) is 1.68. The van der Waals surface area contributed by atoms with Gasteiger partial charge >= 0.3 is 0 Å². The van der Waals surface area contributed by atoms with E-state index in [1.54, 1.807) is 19.4 Å². The maximum absolute atomic E-state index is 10.2. The third-order valence-electron chi connectivity index (χ3n) is 2.54. The summed E-state index contributed by atoms with van der Waals surface area (Å²) in [6.07, 6.45) is 2.36. The van der Waals surface area contributed by atoms with Gasteiger partial charge in [0.15, 0.2) is 0 Å². The lowest BCUT2D eigenvalue weighted by atomic mass is 10.0. The third kappa shape index (κ3) is 1.95. The van der Waals surface area contributed by atoms with Crippen molar-refractivity contribution in [3.63, 3.8) is 0 Å². The van der Waals surface area contributed by atoms with Crippen molar-refractivity contribution >= 4 is 0 Å². The minimum atomic E-state index is -0.714. The van der Waals surface area contributed by atoms with Crippen LogP contribution < -0.4 is 4.74 Å². The molecule has 84 valence electrons. The monoisotopic (exact) mass is 218 g/mol. The lowest BCUT2D eigenvalue weighted by Crippen LogP contribution is -2.01. The molecular weight excluding hydrogens is 204 g/mol. The molecule has 2 rings (SSSR count). The molecule has 2 aromatic rings. The summed E-state index contributed by atoms with van der Waals surface area (Å²) in [6.45, 7) is 1.98. The second kappa shape index (κ2) is 4.41. The van der Waals surface area contributed by atoms with Crippen molar-refractivity contribution in [2.75, 3.05) is 7.11 Å². The number of aryl methyl sites for hydroxylation is 1. The average Bonchev–Trinajstić information content (AvgIpc) is 2.81. The Balaban J connectivity index is 2.42. The van der Waals surface area contributed by atoms with E-state index < -0.39 is 6.10 Å². The number of methoxy groups -OCH3 is 1. The molecule has 0 fully saturated rings. The molecule has 0 amide bonds. The summed E-state index contributed by atoms with van der Waals surface area (Å²) in [5.74, 6) is 0.680. The van der Waals surface area contributed by atoms with Crippen molar-refractivity contribution in [1.82, 2.24) is 0 Å². The quantitative estimate of drug-likeness (QED) is 0.861. The number of aliphatic hydroxyl groups is 1. The molecule has 0 saturated carbocycles. The summed E-state index contributed by atoms with van der Waals surface area (Å²) >= 11 is 0. The normalized spacial score (nSPS) is 12.4. The van der Waals surface area contributed by atoms with Gasteiger partial charge in [-0.2, -0.15) is 0 Å². The Morgan fingerprint density at radius 1 is 1.31 bits per heavy atom. The van der Waals surface area contributed by atoms with Crippen molar-refractivity contribution in [2.24, 2.45) is 0 Å². The van der Waals surface area contributed by atoms with Crippen LogP contribution in [0, 0.1) is 6.92 Å². The fourth-order valence-corrected chi connectivity index (χ4v) is 1.68. The first-order valence-electron chi connectivity index (χ1n) is 5.07. The first-order chi connectivity index (χ1) is 7.72. The van der Waals surface area contributed by atoms with Crippen LogP contribution in [0.4, 0.5) is 0 Å². The highest BCUT2D eigenvalue weighted by Crippen LogP contribution is 2.30. The van der Waals surface area contributed by atoms with Gasteiger partial charge in [0.1, 0.15) is 11.9 Å². The van der Waals surface area contributed by atoms with Gasteiger partial charge in [0.05, 0.1) is 19.6 Å². The van der Waals surface area contributed by atoms with Crippen molar-refractivity contribution in [2.45, 2.75) is 13.0 Å². The molecule has 1 aromatic carbocycles. The highest BCUT2D eigenvalue weighted by Gasteiger charge is 2.16. The zero-order valence-electron chi connectivity index (χ0n) is 9.31. The van der Waals surface area contributed by atoms with Crippen LogP contribution in [0.3, 0.4) is 0 Å². The first-order valence-corrected chi connectivity index (χ1v) is 5.07. The lowest BCUT2D eigenvalue weighted by Gasteiger charge is -2.14. The molecule has 3 heteroatoms. The summed E-state index contributed by atoms with van der Waals surface area (Å²) in [4.78, 5) is 0. The number of hydrogen-bond donors (Lipinski definition) is 1. The molecule has 1 aromatic heterocycles. The first kappa shape index (κ1) is 10.8. The van der Waals surface area contributed by atoms with Crippen LogP contribution in [0.25, 0.3) is 0 Å². The van der Waals surface area contributed by atoms with Gasteiger partial charge in [0, 0.05) is 11.1 Å². The molecule has 0 aliphatic carbocycles. The summed E-state index contributed by atoms with van der Waals surface area (Å²) in [7, 11) is 1.59. The summed E-state index contributed by atoms with van der Waals surface area (Å²) in [5.41, 5.74) is 2.56. The maximum atomic E-state index is 10.2. The van der Waals surface area contributed by atoms with Crippen LogP contribution >= 0.6 is 0 Å². The topological polar surface area (TPSA) is 42.6 Å². The minimum absolute atomic E-state index is 0.680. The molecule has 0 bridgehead atoms. The highest BCUT2D eigenvalue weighted by atomic mass is 16.5. The Morgan fingerprint density at radius 2 is 2.12 bits per heavy atom. The molecular formula is C13H14O3. The number of hydrogen-bond acceptors (Lipinski definition) is 3. The Kier molecular flexibility index (Phi) is 2.97. The van der Waals surface area contributed by atoms with E-state index in [1.165, 1.54) is 6.26 Å². The molecule has 0 spiro atoms. The van der Waals surface area contributed by atoms with Crippen LogP contribution in [0.5, 0.6) is 5.75 Å². The molecule has 1 heterocycles. The average molecular weight is 218 g/mol. The predicted molar refractivity (Wildman–Crippen MR) is 60.5 cm³/mol. The number of ether oxygens (including phenoxy) is 1. The van der Waals surface area contributed by atoms with E-state index >= 15 is 0 Å². The van der Waals surface area contributed by atoms with Gasteiger partial charge in [-0.05, 0) is 25.1 Å². The number of aliphatic hydroxyl groups excluding tert-OH is 1. The van der Waals surface area contributed by atoms with Crippen molar-refractivity contribution in [3.8, 4) is 5.75 Å². The van der Waals surface area contributed by atoms with Gasteiger partial charge in [0.25, 0.3) is 0 Å². The summed E-state index contributed by atoms with van der Waals surface area (Å²) < 4.78 is 10.2. The molecule has 1 atom stereocenters. The SMILES string of the molecule is COc1ccc(C)cc1[C@@H](O)c1ccoc1. The Morgan fingerprint density at radius 3 is 2.75 bits per heavy atom. The molecule has 0 aliphatic rings. The van der Waals surface area contributed by atoms with E-state index in [4.69, 9.17) is 9.15 Å². The van der Waals surface area contributed by atoms with Crippen LogP contribution in [0.2, 0.25) is 0 Å². The Bertz CT molecular complexity index is 460. The van der Waals surface area contributed by atoms with Gasteiger partial charge in [0.2, 0.25) is 0 Å². The second-order valence-electron chi connectivity index (χ2n) is 3.70. The van der Waals surface area contributed by atoms with Crippen LogP contribution in [-0.4, -0.2) is 12.2 Å². The van der Waals surface area contributed by atoms with E-state index in [0.29, 0.717) is 5.75 Å². The maximum Gasteiger partial charge on any atom is 0.125 e. The minimum Gasteiger partial charge on any atom is -0.496 e. The highest BCUT2D eigenvalue weighted by molar-refractivity contribution is 5.41. The zero-order chi connectivity index (χ0) is 11.5. The zero-order valence-corrected chi connectivity index (χ0v) is 9.31. The number of furan rings is 1. The van der Waals surface area contributed by atoms with E-state index in [0.717, 1.165) is 16.7 Å². The molecule has 0 radical (unpaired) electrons. The third-order valence-corrected chi connectivity index (χ3v) is 2.54. The molecule has 3 nitrogen and oxygen atoms in total. The largest absolute Gasteiger partial charge is 0.496 e. The van der Waals surface area contributed by atoms with Crippen LogP contribution in [0.1, 0.15) is 22.8 Å². The number of benzene rings is 1. The lowest BCUT2D eigenvalue weighted by molar-refractivity contribution is 0.213. The van der Waals surface area contributed by atoms with E-state index in [-0.39, 0.29) is 0 Å². The van der Waals surface area contributed by atoms with Crippen molar-refractivity contribution in [1.29, 1.82) is 0 Å². The summed E-state index contributed by atoms with van der Waals surface area (Å²) in [5, 5.41) is 10.2. The Labute approximate surface area is 94.3 Å². The van der Waals surface area contributed by atoms with Crippen LogP contribution in [0.15, 0.2) is 41.2 Å².